The number of carbonyl (C=O) groups excluding carboxylic acids is 3. The average molecular weight is 407 g/mol. The van der Waals surface area contributed by atoms with Gasteiger partial charge in [-0.15, -0.1) is 0 Å². The molecule has 5 nitrogen and oxygen atoms in total. The summed E-state index contributed by atoms with van der Waals surface area (Å²) in [6.07, 6.45) is 16.8. The smallest absolute Gasteiger partial charge is 0.302 e. The number of hydrogen-bond acceptors (Lipinski definition) is 5. The van der Waals surface area contributed by atoms with Crippen molar-refractivity contribution in [1.29, 1.82) is 0 Å². The van der Waals surface area contributed by atoms with Gasteiger partial charge in [-0.25, -0.2) is 0 Å². The fourth-order valence-electron chi connectivity index (χ4n) is 3.65. The third-order valence-electron chi connectivity index (χ3n) is 5.24. The molecule has 5 heteroatoms. The number of carbonyl (C=O) groups is 3. The van der Waals surface area contributed by atoms with Crippen LogP contribution in [0.1, 0.15) is 97.3 Å². The van der Waals surface area contributed by atoms with Crippen LogP contribution in [-0.4, -0.2) is 30.7 Å². The fraction of sp³-hybridized carbons (Fsp3) is 0.708. The highest BCUT2D eigenvalue weighted by atomic mass is 16.5. The van der Waals surface area contributed by atoms with E-state index in [-0.39, 0.29) is 35.8 Å². The molecule has 0 amide bonds. The molecule has 0 bridgehead atoms. The minimum absolute atomic E-state index is 0.0452. The first-order chi connectivity index (χ1) is 14.0. The monoisotopic (exact) mass is 406 g/mol. The Kier molecular flexibility index (Phi) is 13.0. The zero-order valence-electron chi connectivity index (χ0n) is 18.5. The van der Waals surface area contributed by atoms with Crippen molar-refractivity contribution in [1.82, 2.24) is 0 Å². The number of rotatable bonds is 16. The number of unbranched alkanes of at least 4 members (excludes halogenated alkanes) is 10. The van der Waals surface area contributed by atoms with Gasteiger partial charge in [-0.3, -0.25) is 14.4 Å². The van der Waals surface area contributed by atoms with Crippen LogP contribution in [0.4, 0.5) is 0 Å². The second-order valence-electron chi connectivity index (χ2n) is 7.87. The van der Waals surface area contributed by atoms with Crippen molar-refractivity contribution in [2.24, 2.45) is 0 Å². The SMILES string of the molecule is CCCCCCCCCCCCC[C@@H](CC1=CC(=O)C=C(OC)C1=O)OC(C)=O. The van der Waals surface area contributed by atoms with Crippen molar-refractivity contribution in [2.45, 2.75) is 103 Å². The second kappa shape index (κ2) is 15.0. The lowest BCUT2D eigenvalue weighted by Crippen LogP contribution is -2.23. The summed E-state index contributed by atoms with van der Waals surface area (Å²) < 4.78 is 10.4. The van der Waals surface area contributed by atoms with Crippen molar-refractivity contribution in [2.75, 3.05) is 7.11 Å². The molecule has 0 N–H and O–H groups in total. The largest absolute Gasteiger partial charge is 0.493 e. The number of hydrogen-bond donors (Lipinski definition) is 0. The van der Waals surface area contributed by atoms with Crippen LogP contribution < -0.4 is 0 Å². The number of Topliss-reactive ketones (excluding diaryl/α,β-unsaturated/α-hetero) is 1. The average Bonchev–Trinajstić information content (AvgIpc) is 2.68. The molecule has 0 radical (unpaired) electrons. The predicted molar refractivity (Wildman–Crippen MR) is 114 cm³/mol. The lowest BCUT2D eigenvalue weighted by molar-refractivity contribution is -0.146. The molecule has 1 aliphatic rings. The highest BCUT2D eigenvalue weighted by Crippen LogP contribution is 2.22. The van der Waals surface area contributed by atoms with Crippen LogP contribution in [0.3, 0.4) is 0 Å². The zero-order chi connectivity index (χ0) is 21.5. The van der Waals surface area contributed by atoms with Crippen LogP contribution >= 0.6 is 0 Å². The Bertz CT molecular complexity index is 588. The van der Waals surface area contributed by atoms with Crippen LogP contribution in [-0.2, 0) is 23.9 Å². The van der Waals surface area contributed by atoms with Gasteiger partial charge in [0.25, 0.3) is 0 Å². The first-order valence-electron chi connectivity index (χ1n) is 11.2. The molecule has 0 fully saturated rings. The summed E-state index contributed by atoms with van der Waals surface area (Å²) in [7, 11) is 1.37. The van der Waals surface area contributed by atoms with Gasteiger partial charge >= 0.3 is 5.97 Å². The number of ketones is 2. The highest BCUT2D eigenvalue weighted by Gasteiger charge is 2.26. The molecule has 0 aliphatic heterocycles. The Balaban J connectivity index is 2.30. The maximum atomic E-state index is 12.3. The lowest BCUT2D eigenvalue weighted by atomic mass is 9.94. The molecule has 1 rings (SSSR count). The van der Waals surface area contributed by atoms with E-state index in [1.807, 2.05) is 0 Å². The number of ether oxygens (including phenoxy) is 2. The van der Waals surface area contributed by atoms with Crippen LogP contribution in [0.5, 0.6) is 0 Å². The Morgan fingerprint density at radius 3 is 1.97 bits per heavy atom. The van der Waals surface area contributed by atoms with Gasteiger partial charge in [0.2, 0.25) is 5.78 Å². The van der Waals surface area contributed by atoms with E-state index in [9.17, 15) is 14.4 Å². The maximum Gasteiger partial charge on any atom is 0.302 e. The topological polar surface area (TPSA) is 69.7 Å². The Morgan fingerprint density at radius 1 is 0.897 bits per heavy atom. The molecule has 0 unspecified atom stereocenters. The standard InChI is InChI=1S/C24H38O5/c1-4-5-6-7-8-9-10-11-12-13-14-15-22(29-19(2)25)17-20-16-21(26)18-23(28-3)24(20)27/h16,18,22H,4-15,17H2,1-3H3/t22-/m0/s1. The summed E-state index contributed by atoms with van der Waals surface area (Å²) >= 11 is 0. The molecule has 0 saturated heterocycles. The quantitative estimate of drug-likeness (QED) is 0.189. The zero-order valence-corrected chi connectivity index (χ0v) is 18.5. The fourth-order valence-corrected chi connectivity index (χ4v) is 3.65. The van der Waals surface area contributed by atoms with Crippen molar-refractivity contribution in [3.63, 3.8) is 0 Å². The Morgan fingerprint density at radius 2 is 1.45 bits per heavy atom. The van der Waals surface area contributed by atoms with Gasteiger partial charge in [-0.1, -0.05) is 71.1 Å². The first kappa shape index (κ1) is 25.1. The molecule has 0 spiro atoms. The third-order valence-corrected chi connectivity index (χ3v) is 5.24. The van der Waals surface area contributed by atoms with Crippen LogP contribution in [0.15, 0.2) is 23.5 Å². The summed E-state index contributed by atoms with van der Waals surface area (Å²) in [6, 6.07) is 0. The van der Waals surface area contributed by atoms with E-state index in [0.29, 0.717) is 12.0 Å². The van der Waals surface area contributed by atoms with Crippen LogP contribution in [0, 0.1) is 0 Å². The molecular weight excluding hydrogens is 368 g/mol. The van der Waals surface area contributed by atoms with E-state index < -0.39 is 0 Å². The van der Waals surface area contributed by atoms with Gasteiger partial charge in [0.15, 0.2) is 11.5 Å². The van der Waals surface area contributed by atoms with E-state index in [1.165, 1.54) is 84.0 Å². The second-order valence-corrected chi connectivity index (χ2v) is 7.87. The van der Waals surface area contributed by atoms with Crippen molar-refractivity contribution >= 4 is 17.5 Å². The van der Waals surface area contributed by atoms with E-state index in [1.54, 1.807) is 0 Å². The lowest BCUT2D eigenvalue weighted by Gasteiger charge is -2.20. The van der Waals surface area contributed by atoms with Gasteiger partial charge in [-0.2, -0.15) is 0 Å². The molecule has 0 aromatic carbocycles. The van der Waals surface area contributed by atoms with Crippen molar-refractivity contribution < 1.29 is 23.9 Å². The van der Waals surface area contributed by atoms with Crippen molar-refractivity contribution in [3.05, 3.63) is 23.5 Å². The van der Waals surface area contributed by atoms with E-state index in [4.69, 9.17) is 9.47 Å². The molecule has 1 aliphatic carbocycles. The molecule has 29 heavy (non-hydrogen) atoms. The minimum atomic E-state index is -0.384. The first-order valence-corrected chi connectivity index (χ1v) is 11.2. The minimum Gasteiger partial charge on any atom is -0.493 e. The molecule has 0 saturated carbocycles. The van der Waals surface area contributed by atoms with Crippen molar-refractivity contribution in [3.8, 4) is 0 Å². The van der Waals surface area contributed by atoms with Crippen LogP contribution in [0.2, 0.25) is 0 Å². The number of allylic oxidation sites excluding steroid dienone is 3. The molecule has 1 atom stereocenters. The normalized spacial score (nSPS) is 15.0. The highest BCUT2D eigenvalue weighted by molar-refractivity contribution is 6.19. The molecule has 0 aromatic rings. The summed E-state index contributed by atoms with van der Waals surface area (Å²) in [5.41, 5.74) is 0.351. The Hall–Kier alpha value is -1.91. The number of esters is 1. The van der Waals surface area contributed by atoms with Gasteiger partial charge < -0.3 is 9.47 Å². The van der Waals surface area contributed by atoms with E-state index in [2.05, 4.69) is 6.92 Å². The maximum absolute atomic E-state index is 12.3. The Labute approximate surface area is 175 Å². The molecule has 0 aromatic heterocycles. The summed E-state index contributed by atoms with van der Waals surface area (Å²) in [5.74, 6) is -0.893. The molecule has 0 heterocycles. The summed E-state index contributed by atoms with van der Waals surface area (Å²) in [4.78, 5) is 35.5. The van der Waals surface area contributed by atoms with Gasteiger partial charge in [0, 0.05) is 25.0 Å². The van der Waals surface area contributed by atoms with Gasteiger partial charge in [-0.05, 0) is 18.9 Å². The van der Waals surface area contributed by atoms with Gasteiger partial charge in [0.05, 0.1) is 7.11 Å². The van der Waals surface area contributed by atoms with Gasteiger partial charge in [0.1, 0.15) is 6.10 Å². The molecule has 164 valence electrons. The van der Waals surface area contributed by atoms with Crippen LogP contribution in [0.25, 0.3) is 0 Å². The van der Waals surface area contributed by atoms with E-state index >= 15 is 0 Å². The van der Waals surface area contributed by atoms with E-state index in [0.717, 1.165) is 12.8 Å². The summed E-state index contributed by atoms with van der Waals surface area (Å²) in [5, 5.41) is 0. The molecular formula is C24H38O5. The predicted octanol–water partition coefficient (Wildman–Crippen LogP) is 5.62. The third kappa shape index (κ3) is 11.0. The summed E-state index contributed by atoms with van der Waals surface area (Å²) in [6.45, 7) is 3.61. The number of methoxy groups -OCH3 is 1.